The number of rotatable bonds is 7. The first kappa shape index (κ1) is 25.7. The number of amides is 1. The Morgan fingerprint density at radius 3 is 2.29 bits per heavy atom. The molecule has 1 amide bonds. The normalized spacial score (nSPS) is 12.1. The third-order valence-electron chi connectivity index (χ3n) is 4.93. The van der Waals surface area contributed by atoms with E-state index in [2.05, 4.69) is 5.32 Å². The first-order valence-corrected chi connectivity index (χ1v) is 11.7. The fourth-order valence-electron chi connectivity index (χ4n) is 3.14. The summed E-state index contributed by atoms with van der Waals surface area (Å²) >= 11 is 5.84. The van der Waals surface area contributed by atoms with Gasteiger partial charge in [-0.3, -0.25) is 4.79 Å². The van der Waals surface area contributed by atoms with Gasteiger partial charge in [0.05, 0.1) is 17.0 Å². The highest BCUT2D eigenvalue weighted by molar-refractivity contribution is 7.89. The van der Waals surface area contributed by atoms with Gasteiger partial charge in [0.25, 0.3) is 0 Å². The van der Waals surface area contributed by atoms with Gasteiger partial charge in [-0.05, 0) is 60.5 Å². The number of benzene rings is 3. The van der Waals surface area contributed by atoms with Crippen LogP contribution in [0.5, 0.6) is 0 Å². The van der Waals surface area contributed by atoms with Gasteiger partial charge in [-0.2, -0.15) is 17.5 Å². The van der Waals surface area contributed by atoms with Crippen molar-refractivity contribution in [3.8, 4) is 0 Å². The number of carbonyl (C=O) groups excluding carboxylic acids is 1. The van der Waals surface area contributed by atoms with Crippen molar-refractivity contribution in [2.75, 3.05) is 11.9 Å². The Balaban J connectivity index is 1.90. The van der Waals surface area contributed by atoms with Crippen LogP contribution in [0.3, 0.4) is 0 Å². The van der Waals surface area contributed by atoms with Gasteiger partial charge in [-0.1, -0.05) is 35.9 Å². The van der Waals surface area contributed by atoms with E-state index < -0.39 is 40.0 Å². The van der Waals surface area contributed by atoms with Gasteiger partial charge in [0, 0.05) is 17.3 Å². The zero-order chi connectivity index (χ0) is 25.1. The van der Waals surface area contributed by atoms with Crippen LogP contribution in [0.25, 0.3) is 0 Å². The predicted octanol–water partition coefficient (Wildman–Crippen LogP) is 5.64. The lowest BCUT2D eigenvalue weighted by atomic mass is 10.1. The second-order valence-electron chi connectivity index (χ2n) is 7.39. The molecule has 0 spiro atoms. The Bertz CT molecular complexity index is 1300. The van der Waals surface area contributed by atoms with Crippen molar-refractivity contribution in [2.24, 2.45) is 0 Å². The number of halogens is 5. The molecule has 0 saturated heterocycles. The lowest BCUT2D eigenvalue weighted by molar-refractivity contribution is -0.140. The molecule has 1 N–H and O–H groups in total. The van der Waals surface area contributed by atoms with Crippen molar-refractivity contribution in [1.29, 1.82) is 0 Å². The van der Waals surface area contributed by atoms with Crippen molar-refractivity contribution >= 4 is 33.2 Å². The van der Waals surface area contributed by atoms with E-state index in [0.29, 0.717) is 22.7 Å². The topological polar surface area (TPSA) is 66.5 Å². The minimum Gasteiger partial charge on any atom is -0.325 e. The smallest absolute Gasteiger partial charge is 0.325 e. The number of hydrogen-bond donors (Lipinski definition) is 1. The summed E-state index contributed by atoms with van der Waals surface area (Å²) in [5, 5.41) is 2.53. The van der Waals surface area contributed by atoms with E-state index in [1.165, 1.54) is 24.3 Å². The van der Waals surface area contributed by atoms with Crippen molar-refractivity contribution < 1.29 is 30.8 Å². The SMILES string of the molecule is Cc1ccccc1CN(CC(=O)Nc1ccc(F)c(C(F)(F)F)c1)S(=O)(=O)c1ccc(Cl)cc1. The molecule has 0 fully saturated rings. The number of hydrogen-bond acceptors (Lipinski definition) is 3. The lowest BCUT2D eigenvalue weighted by Crippen LogP contribution is -2.37. The molecule has 0 radical (unpaired) electrons. The largest absolute Gasteiger partial charge is 0.419 e. The molecule has 0 unspecified atom stereocenters. The molecule has 0 aliphatic rings. The number of nitrogens with zero attached hydrogens (tertiary/aromatic N) is 1. The van der Waals surface area contributed by atoms with Crippen LogP contribution in [0.1, 0.15) is 16.7 Å². The molecule has 3 aromatic rings. The summed E-state index contributed by atoms with van der Waals surface area (Å²) < 4.78 is 79.9. The number of sulfonamides is 1. The third kappa shape index (κ3) is 6.13. The highest BCUT2D eigenvalue weighted by Gasteiger charge is 2.34. The highest BCUT2D eigenvalue weighted by Crippen LogP contribution is 2.33. The molecule has 0 bridgehead atoms. The average Bonchev–Trinajstić information content (AvgIpc) is 2.75. The molecule has 0 atom stereocenters. The third-order valence-corrected chi connectivity index (χ3v) is 6.99. The number of carbonyl (C=O) groups is 1. The molecule has 0 heterocycles. The Labute approximate surface area is 199 Å². The minimum atomic E-state index is -4.96. The second-order valence-corrected chi connectivity index (χ2v) is 9.77. The summed E-state index contributed by atoms with van der Waals surface area (Å²) in [5.41, 5.74) is -0.448. The molecule has 34 heavy (non-hydrogen) atoms. The summed E-state index contributed by atoms with van der Waals surface area (Å²) in [4.78, 5) is 12.6. The van der Waals surface area contributed by atoms with Gasteiger partial charge in [-0.15, -0.1) is 0 Å². The Morgan fingerprint density at radius 2 is 1.68 bits per heavy atom. The zero-order valence-corrected chi connectivity index (χ0v) is 19.3. The van der Waals surface area contributed by atoms with Crippen molar-refractivity contribution in [3.63, 3.8) is 0 Å². The molecular weight excluding hydrogens is 496 g/mol. The number of nitrogens with one attached hydrogen (secondary N) is 1. The van der Waals surface area contributed by atoms with E-state index in [1.54, 1.807) is 31.2 Å². The standard InChI is InChI=1S/C23H19ClF4N2O3S/c1-15-4-2-3-5-16(15)13-30(34(32,33)19-9-6-17(24)7-10-19)14-22(31)29-18-8-11-21(25)20(12-18)23(26,27)28/h2-12H,13-14H2,1H3,(H,29,31). The molecule has 0 aliphatic carbocycles. The number of aryl methyl sites for hydroxylation is 1. The van der Waals surface area contributed by atoms with Crippen LogP contribution >= 0.6 is 11.6 Å². The van der Waals surface area contributed by atoms with Crippen LogP contribution in [-0.4, -0.2) is 25.2 Å². The van der Waals surface area contributed by atoms with Crippen LogP contribution in [0.2, 0.25) is 5.02 Å². The molecule has 0 saturated carbocycles. The number of anilines is 1. The fraction of sp³-hybridized carbons (Fsp3) is 0.174. The minimum absolute atomic E-state index is 0.112. The molecule has 180 valence electrons. The van der Waals surface area contributed by atoms with Crippen molar-refractivity contribution in [1.82, 2.24) is 4.31 Å². The van der Waals surface area contributed by atoms with E-state index in [4.69, 9.17) is 11.6 Å². The summed E-state index contributed by atoms with van der Waals surface area (Å²) in [5.74, 6) is -2.39. The average molecular weight is 515 g/mol. The van der Waals surface area contributed by atoms with Gasteiger partial charge in [0.1, 0.15) is 5.82 Å². The van der Waals surface area contributed by atoms with Crippen LogP contribution in [0.4, 0.5) is 23.2 Å². The van der Waals surface area contributed by atoms with Crippen LogP contribution in [0.15, 0.2) is 71.6 Å². The molecule has 5 nitrogen and oxygen atoms in total. The maximum Gasteiger partial charge on any atom is 0.419 e. The van der Waals surface area contributed by atoms with E-state index >= 15 is 0 Å². The Morgan fingerprint density at radius 1 is 1.03 bits per heavy atom. The maximum atomic E-state index is 13.5. The van der Waals surface area contributed by atoms with Gasteiger partial charge in [0.15, 0.2) is 0 Å². The summed E-state index contributed by atoms with van der Waals surface area (Å²) in [6, 6.07) is 14.3. The Hall–Kier alpha value is -2.95. The van der Waals surface area contributed by atoms with E-state index in [1.807, 2.05) is 0 Å². The van der Waals surface area contributed by atoms with Crippen LogP contribution in [-0.2, 0) is 27.5 Å². The zero-order valence-electron chi connectivity index (χ0n) is 17.7. The number of alkyl halides is 3. The van der Waals surface area contributed by atoms with E-state index in [-0.39, 0.29) is 17.1 Å². The first-order valence-electron chi connectivity index (χ1n) is 9.85. The molecule has 3 rings (SSSR count). The summed E-state index contributed by atoms with van der Waals surface area (Å²) in [6.07, 6.45) is -4.96. The van der Waals surface area contributed by atoms with Crippen molar-refractivity contribution in [2.45, 2.75) is 24.5 Å². The molecular formula is C23H19ClF4N2O3S. The predicted molar refractivity (Wildman–Crippen MR) is 120 cm³/mol. The molecule has 11 heteroatoms. The van der Waals surface area contributed by atoms with Gasteiger partial charge < -0.3 is 5.32 Å². The molecule has 3 aromatic carbocycles. The monoisotopic (exact) mass is 514 g/mol. The van der Waals surface area contributed by atoms with Gasteiger partial charge >= 0.3 is 6.18 Å². The highest BCUT2D eigenvalue weighted by atomic mass is 35.5. The lowest BCUT2D eigenvalue weighted by Gasteiger charge is -2.23. The van der Waals surface area contributed by atoms with Gasteiger partial charge in [-0.25, -0.2) is 12.8 Å². The van der Waals surface area contributed by atoms with E-state index in [9.17, 15) is 30.8 Å². The van der Waals surface area contributed by atoms with E-state index in [0.717, 1.165) is 15.9 Å². The maximum absolute atomic E-state index is 13.5. The molecule has 0 aliphatic heterocycles. The fourth-order valence-corrected chi connectivity index (χ4v) is 4.64. The van der Waals surface area contributed by atoms with Crippen LogP contribution in [0, 0.1) is 12.7 Å². The molecule has 0 aromatic heterocycles. The Kier molecular flexibility index (Phi) is 7.64. The van der Waals surface area contributed by atoms with Crippen LogP contribution < -0.4 is 5.32 Å². The van der Waals surface area contributed by atoms with Crippen molar-refractivity contribution in [3.05, 3.63) is 94.3 Å². The van der Waals surface area contributed by atoms with Gasteiger partial charge in [0.2, 0.25) is 15.9 Å². The quantitative estimate of drug-likeness (QED) is 0.415. The first-order chi connectivity index (χ1) is 15.9. The summed E-state index contributed by atoms with van der Waals surface area (Å²) in [7, 11) is -4.18. The summed E-state index contributed by atoms with van der Waals surface area (Å²) in [6.45, 7) is 0.917. The second kappa shape index (κ2) is 10.1.